The van der Waals surface area contributed by atoms with Gasteiger partial charge in [0.05, 0.1) is 27.8 Å². The summed E-state index contributed by atoms with van der Waals surface area (Å²) in [6.45, 7) is 1.82. The number of furan rings is 1. The minimum Gasteiger partial charge on any atom is -0.460 e. The number of benzene rings is 2. The quantitative estimate of drug-likeness (QED) is 0.253. The molecule has 32 heavy (non-hydrogen) atoms. The number of hydrogen-bond acceptors (Lipinski definition) is 8. The van der Waals surface area contributed by atoms with Crippen molar-refractivity contribution in [1.82, 2.24) is 9.78 Å². The molecule has 0 atom stereocenters. The van der Waals surface area contributed by atoms with Crippen LogP contribution >= 0.6 is 0 Å². The van der Waals surface area contributed by atoms with Gasteiger partial charge in [0, 0.05) is 17.8 Å². The topological polar surface area (TPSA) is 142 Å². The van der Waals surface area contributed by atoms with Crippen LogP contribution in [0.25, 0.3) is 17.1 Å². The first-order chi connectivity index (χ1) is 15.4. The molecule has 2 heterocycles. The van der Waals surface area contributed by atoms with E-state index >= 15 is 0 Å². The fraction of sp³-hybridized carbons (Fsp3) is 0.0476. The van der Waals surface area contributed by atoms with Crippen molar-refractivity contribution in [1.29, 1.82) is 0 Å². The summed E-state index contributed by atoms with van der Waals surface area (Å²) in [5.74, 6) is 1.26. The van der Waals surface area contributed by atoms with E-state index in [1.165, 1.54) is 12.3 Å². The van der Waals surface area contributed by atoms with Gasteiger partial charge in [-0.05, 0) is 37.3 Å². The maximum atomic E-state index is 11.3. The Balaban J connectivity index is 1.67. The highest BCUT2D eigenvalue weighted by Gasteiger charge is 2.19. The van der Waals surface area contributed by atoms with Crippen molar-refractivity contribution in [3.63, 3.8) is 0 Å². The van der Waals surface area contributed by atoms with Gasteiger partial charge in [-0.3, -0.25) is 25.7 Å². The standard InChI is InChI=1S/C21H16N6O5/c1-14-7-10-20(32-14)21-15(13-25(24-21)16-5-3-2-4-6-16)12-22-23-18-9-8-17(26(28)29)11-19(18)27(30)31/h2-13,23H,1H3/b22-12+. The lowest BCUT2D eigenvalue weighted by Crippen LogP contribution is -1.98. The Morgan fingerprint density at radius 2 is 1.84 bits per heavy atom. The third kappa shape index (κ3) is 4.21. The molecular formula is C21H16N6O5. The molecule has 11 heteroatoms. The Morgan fingerprint density at radius 3 is 2.50 bits per heavy atom. The minimum atomic E-state index is -0.713. The van der Waals surface area contributed by atoms with Crippen LogP contribution < -0.4 is 5.43 Å². The highest BCUT2D eigenvalue weighted by molar-refractivity contribution is 5.88. The Kier molecular flexibility index (Phi) is 5.45. The third-order valence-corrected chi connectivity index (χ3v) is 4.51. The molecule has 2 aromatic heterocycles. The van der Waals surface area contributed by atoms with Crippen molar-refractivity contribution < 1.29 is 14.3 Å². The van der Waals surface area contributed by atoms with Crippen LogP contribution in [0.1, 0.15) is 11.3 Å². The molecule has 0 aliphatic carbocycles. The molecule has 0 bridgehead atoms. The molecule has 0 radical (unpaired) electrons. The number of hydrazone groups is 1. The smallest absolute Gasteiger partial charge is 0.301 e. The van der Waals surface area contributed by atoms with E-state index in [4.69, 9.17) is 4.42 Å². The van der Waals surface area contributed by atoms with Crippen molar-refractivity contribution in [2.24, 2.45) is 5.10 Å². The number of aromatic nitrogens is 2. The Morgan fingerprint density at radius 1 is 1.06 bits per heavy atom. The van der Waals surface area contributed by atoms with E-state index in [0.717, 1.165) is 23.6 Å². The summed E-state index contributed by atoms with van der Waals surface area (Å²) in [7, 11) is 0. The minimum absolute atomic E-state index is 0.0164. The summed E-state index contributed by atoms with van der Waals surface area (Å²) in [5, 5.41) is 30.9. The maximum absolute atomic E-state index is 11.3. The third-order valence-electron chi connectivity index (χ3n) is 4.51. The summed E-state index contributed by atoms with van der Waals surface area (Å²) in [5.41, 5.74) is 3.71. The van der Waals surface area contributed by atoms with Crippen LogP contribution in [0.3, 0.4) is 0 Å². The molecule has 0 fully saturated rings. The molecule has 2 aromatic carbocycles. The molecule has 4 rings (SSSR count). The van der Waals surface area contributed by atoms with Crippen molar-refractivity contribution in [3.05, 3.63) is 98.4 Å². The molecule has 0 saturated heterocycles. The van der Waals surface area contributed by atoms with Gasteiger partial charge in [-0.2, -0.15) is 10.2 Å². The molecule has 4 aromatic rings. The highest BCUT2D eigenvalue weighted by Crippen LogP contribution is 2.29. The van der Waals surface area contributed by atoms with Gasteiger partial charge in [0.25, 0.3) is 5.69 Å². The van der Waals surface area contributed by atoms with E-state index in [2.05, 4.69) is 15.6 Å². The van der Waals surface area contributed by atoms with Crippen LogP contribution in [0, 0.1) is 27.2 Å². The van der Waals surface area contributed by atoms with Crippen molar-refractivity contribution in [3.8, 4) is 17.1 Å². The predicted molar refractivity (Wildman–Crippen MR) is 117 cm³/mol. The monoisotopic (exact) mass is 432 g/mol. The average Bonchev–Trinajstić information content (AvgIpc) is 3.40. The Labute approximate surface area is 180 Å². The molecule has 0 unspecified atom stereocenters. The van der Waals surface area contributed by atoms with Gasteiger partial charge in [0.1, 0.15) is 17.1 Å². The van der Waals surface area contributed by atoms with Gasteiger partial charge in [-0.25, -0.2) is 4.68 Å². The molecule has 0 aliphatic heterocycles. The zero-order valence-electron chi connectivity index (χ0n) is 16.7. The number of rotatable bonds is 7. The van der Waals surface area contributed by atoms with E-state index in [1.54, 1.807) is 16.9 Å². The lowest BCUT2D eigenvalue weighted by molar-refractivity contribution is -0.393. The van der Waals surface area contributed by atoms with Gasteiger partial charge in [0.2, 0.25) is 0 Å². The Bertz CT molecular complexity index is 1330. The van der Waals surface area contributed by atoms with Crippen LogP contribution in [0.15, 0.2) is 76.4 Å². The average molecular weight is 432 g/mol. The highest BCUT2D eigenvalue weighted by atomic mass is 16.6. The van der Waals surface area contributed by atoms with E-state index in [1.807, 2.05) is 43.3 Å². The number of non-ortho nitro benzene ring substituents is 1. The van der Waals surface area contributed by atoms with Gasteiger partial charge < -0.3 is 4.42 Å². The van der Waals surface area contributed by atoms with Crippen LogP contribution in [0.2, 0.25) is 0 Å². The number of para-hydroxylation sites is 1. The molecule has 160 valence electrons. The second-order valence-electron chi connectivity index (χ2n) is 6.71. The van der Waals surface area contributed by atoms with Crippen molar-refractivity contribution in [2.45, 2.75) is 6.92 Å². The summed E-state index contributed by atoms with van der Waals surface area (Å²) in [6, 6.07) is 16.3. The van der Waals surface area contributed by atoms with Crippen LogP contribution in [0.4, 0.5) is 17.1 Å². The Hall–Kier alpha value is -4.80. The first kappa shape index (κ1) is 20.5. The van der Waals surface area contributed by atoms with Gasteiger partial charge in [-0.15, -0.1) is 0 Å². The second-order valence-corrected chi connectivity index (χ2v) is 6.71. The SMILES string of the molecule is Cc1ccc(-c2nn(-c3ccccc3)cc2/C=N/Nc2ccc([N+](=O)[O-])cc2[N+](=O)[O-])o1. The molecule has 11 nitrogen and oxygen atoms in total. The lowest BCUT2D eigenvalue weighted by Gasteiger charge is -2.01. The molecule has 0 aliphatic rings. The van der Waals surface area contributed by atoms with E-state index in [9.17, 15) is 20.2 Å². The summed E-state index contributed by atoms with van der Waals surface area (Å²) in [6.07, 6.45) is 3.20. The van der Waals surface area contributed by atoms with Crippen LogP contribution in [0.5, 0.6) is 0 Å². The molecule has 0 saturated carbocycles. The van der Waals surface area contributed by atoms with Gasteiger partial charge >= 0.3 is 5.69 Å². The number of nitro benzene ring substituents is 2. The zero-order valence-corrected chi connectivity index (χ0v) is 16.7. The number of aryl methyl sites for hydroxylation is 1. The number of anilines is 1. The fourth-order valence-electron chi connectivity index (χ4n) is 3.00. The lowest BCUT2D eigenvalue weighted by atomic mass is 10.2. The second kappa shape index (κ2) is 8.52. The number of nitrogens with one attached hydrogen (secondary N) is 1. The van der Waals surface area contributed by atoms with Crippen molar-refractivity contribution >= 4 is 23.3 Å². The van der Waals surface area contributed by atoms with Crippen molar-refractivity contribution in [2.75, 3.05) is 5.43 Å². The molecule has 1 N–H and O–H groups in total. The summed E-state index contributed by atoms with van der Waals surface area (Å²) in [4.78, 5) is 20.8. The summed E-state index contributed by atoms with van der Waals surface area (Å²) >= 11 is 0. The molecule has 0 amide bonds. The van der Waals surface area contributed by atoms with Gasteiger partial charge in [0.15, 0.2) is 5.76 Å². The zero-order chi connectivity index (χ0) is 22.7. The summed E-state index contributed by atoms with van der Waals surface area (Å²) < 4.78 is 7.37. The maximum Gasteiger partial charge on any atom is 0.301 e. The van der Waals surface area contributed by atoms with E-state index < -0.39 is 15.5 Å². The van der Waals surface area contributed by atoms with Gasteiger partial charge in [-0.1, -0.05) is 18.2 Å². The normalized spacial score (nSPS) is 11.0. The van der Waals surface area contributed by atoms with Crippen LogP contribution in [-0.4, -0.2) is 25.8 Å². The number of nitrogens with zero attached hydrogens (tertiary/aromatic N) is 5. The number of hydrogen-bond donors (Lipinski definition) is 1. The van der Waals surface area contributed by atoms with Crippen LogP contribution in [-0.2, 0) is 0 Å². The largest absolute Gasteiger partial charge is 0.460 e. The van der Waals surface area contributed by atoms with E-state index in [-0.39, 0.29) is 11.4 Å². The first-order valence-corrected chi connectivity index (χ1v) is 9.36. The predicted octanol–water partition coefficient (Wildman–Crippen LogP) is 4.70. The fourth-order valence-corrected chi connectivity index (χ4v) is 3.00. The van der Waals surface area contributed by atoms with E-state index in [0.29, 0.717) is 17.0 Å². The molecular weight excluding hydrogens is 416 g/mol. The molecule has 0 spiro atoms. The first-order valence-electron chi connectivity index (χ1n) is 9.36. The number of nitro groups is 2.